The average molecular weight is 226 g/mol. The Labute approximate surface area is 90.5 Å². The van der Waals surface area contributed by atoms with E-state index < -0.39 is 11.7 Å². The van der Waals surface area contributed by atoms with Gasteiger partial charge in [0.05, 0.1) is 12.1 Å². The van der Waals surface area contributed by atoms with Gasteiger partial charge >= 0.3 is 6.18 Å². The lowest BCUT2D eigenvalue weighted by Crippen LogP contribution is -2.06. The van der Waals surface area contributed by atoms with Gasteiger partial charge in [0.25, 0.3) is 0 Å². The fraction of sp³-hybridized carbons (Fsp3) is 0.273. The Kier molecular flexibility index (Phi) is 2.77. The molecule has 0 saturated heterocycles. The zero-order chi connectivity index (χ0) is 11.6. The molecule has 0 fully saturated rings. The molecule has 84 valence electrons. The van der Waals surface area contributed by atoms with Crippen LogP contribution in [0.4, 0.5) is 13.2 Å². The fourth-order valence-electron chi connectivity index (χ4n) is 1.49. The van der Waals surface area contributed by atoms with E-state index in [4.69, 9.17) is 0 Å². The maximum Gasteiger partial charge on any atom is 0.417 e. The molecule has 5 heteroatoms. The van der Waals surface area contributed by atoms with Crippen LogP contribution in [0.2, 0.25) is 0 Å². The zero-order valence-corrected chi connectivity index (χ0v) is 8.33. The Balaban J connectivity index is 2.32. The summed E-state index contributed by atoms with van der Waals surface area (Å²) in [5, 5.41) is 0. The van der Waals surface area contributed by atoms with Gasteiger partial charge in [0.1, 0.15) is 0 Å². The summed E-state index contributed by atoms with van der Waals surface area (Å²) >= 11 is 0. The van der Waals surface area contributed by atoms with Crippen molar-refractivity contribution in [1.82, 2.24) is 4.98 Å². The predicted octanol–water partition coefficient (Wildman–Crippen LogP) is 2.96. The van der Waals surface area contributed by atoms with Gasteiger partial charge in [0.15, 0.2) is 0 Å². The number of allylic oxidation sites excluding steroid dienone is 1. The van der Waals surface area contributed by atoms with E-state index in [1.807, 2.05) is 6.08 Å². The Morgan fingerprint density at radius 2 is 2.00 bits per heavy atom. The lowest BCUT2D eigenvalue weighted by atomic mass is 10.0. The highest BCUT2D eigenvalue weighted by molar-refractivity contribution is 5.81. The number of nitrogens with zero attached hydrogens (tertiary/aromatic N) is 2. The summed E-state index contributed by atoms with van der Waals surface area (Å²) in [6.07, 6.45) is 2.02. The van der Waals surface area contributed by atoms with E-state index in [-0.39, 0.29) is 0 Å². The average Bonchev–Trinajstić information content (AvgIpc) is 2.29. The number of hydrogen-bond acceptors (Lipinski definition) is 2. The first kappa shape index (κ1) is 10.9. The molecule has 0 atom stereocenters. The number of hydrogen-bond donors (Lipinski definition) is 0. The zero-order valence-electron chi connectivity index (χ0n) is 8.33. The lowest BCUT2D eigenvalue weighted by Gasteiger charge is -2.11. The summed E-state index contributed by atoms with van der Waals surface area (Å²) in [5.41, 5.74) is 0.642. The molecule has 2 rings (SSSR count). The van der Waals surface area contributed by atoms with Gasteiger partial charge in [-0.15, -0.1) is 0 Å². The second kappa shape index (κ2) is 4.08. The molecule has 1 aromatic rings. The van der Waals surface area contributed by atoms with Gasteiger partial charge in [-0.25, -0.2) is 0 Å². The maximum atomic E-state index is 12.4. The lowest BCUT2D eigenvalue weighted by molar-refractivity contribution is -0.137. The molecule has 2 heterocycles. The Morgan fingerprint density at radius 3 is 2.62 bits per heavy atom. The normalized spacial score (nSPS) is 16.1. The molecule has 0 aromatic carbocycles. The van der Waals surface area contributed by atoms with Crippen molar-refractivity contribution in [1.29, 1.82) is 0 Å². The third-order valence-corrected chi connectivity index (χ3v) is 2.32. The molecule has 1 aromatic heterocycles. The molecule has 0 unspecified atom stereocenters. The fourth-order valence-corrected chi connectivity index (χ4v) is 1.49. The molecular weight excluding hydrogens is 217 g/mol. The maximum absolute atomic E-state index is 12.4. The Morgan fingerprint density at radius 1 is 1.19 bits per heavy atom. The highest BCUT2D eigenvalue weighted by atomic mass is 19.4. The summed E-state index contributed by atoms with van der Waals surface area (Å²) in [6, 6.07) is 1.12. The number of alkyl halides is 3. The Hall–Kier alpha value is -1.65. The van der Waals surface area contributed by atoms with Gasteiger partial charge in [0, 0.05) is 25.0 Å². The predicted molar refractivity (Wildman–Crippen MR) is 55.2 cm³/mol. The Bertz CT molecular complexity index is 447. The second-order valence-corrected chi connectivity index (χ2v) is 3.44. The van der Waals surface area contributed by atoms with E-state index in [9.17, 15) is 13.2 Å². The van der Waals surface area contributed by atoms with E-state index in [0.29, 0.717) is 18.5 Å². The second-order valence-electron chi connectivity index (χ2n) is 3.44. The summed E-state index contributed by atoms with van der Waals surface area (Å²) in [5.74, 6) is 0. The van der Waals surface area contributed by atoms with Crippen LogP contribution in [0.1, 0.15) is 17.5 Å². The molecule has 0 aliphatic carbocycles. The van der Waals surface area contributed by atoms with Crippen LogP contribution in [0.5, 0.6) is 0 Å². The number of rotatable bonds is 1. The molecule has 0 spiro atoms. The largest absolute Gasteiger partial charge is 0.417 e. The highest BCUT2D eigenvalue weighted by Crippen LogP contribution is 2.30. The van der Waals surface area contributed by atoms with Crippen LogP contribution >= 0.6 is 0 Å². The van der Waals surface area contributed by atoms with Crippen LogP contribution in [0, 0.1) is 0 Å². The van der Waals surface area contributed by atoms with Crippen molar-refractivity contribution in [2.24, 2.45) is 4.99 Å². The van der Waals surface area contributed by atoms with E-state index in [0.717, 1.165) is 17.8 Å². The highest BCUT2D eigenvalue weighted by Gasteiger charge is 2.31. The number of aromatic nitrogens is 1. The van der Waals surface area contributed by atoms with Crippen LogP contribution in [0.15, 0.2) is 29.5 Å². The summed E-state index contributed by atoms with van der Waals surface area (Å²) in [7, 11) is 0. The minimum Gasteiger partial charge on any atom is -0.293 e. The van der Waals surface area contributed by atoms with Crippen LogP contribution in [-0.2, 0) is 6.18 Å². The number of pyridine rings is 1. The third kappa shape index (κ3) is 2.29. The molecule has 0 N–H and O–H groups in total. The molecule has 1 aliphatic rings. The van der Waals surface area contributed by atoms with Crippen molar-refractivity contribution >= 4 is 11.8 Å². The first-order valence-electron chi connectivity index (χ1n) is 4.77. The van der Waals surface area contributed by atoms with E-state index in [1.165, 1.54) is 6.20 Å². The smallest absolute Gasteiger partial charge is 0.293 e. The topological polar surface area (TPSA) is 25.2 Å². The molecule has 0 amide bonds. The van der Waals surface area contributed by atoms with Gasteiger partial charge in [0.2, 0.25) is 0 Å². The molecule has 16 heavy (non-hydrogen) atoms. The molecule has 0 radical (unpaired) electrons. The first-order chi connectivity index (χ1) is 7.57. The van der Waals surface area contributed by atoms with E-state index >= 15 is 0 Å². The van der Waals surface area contributed by atoms with Crippen molar-refractivity contribution in [3.05, 3.63) is 35.7 Å². The molecule has 0 bridgehead atoms. The van der Waals surface area contributed by atoms with Gasteiger partial charge in [-0.2, -0.15) is 13.2 Å². The van der Waals surface area contributed by atoms with Crippen molar-refractivity contribution in [3.63, 3.8) is 0 Å². The van der Waals surface area contributed by atoms with Crippen molar-refractivity contribution < 1.29 is 13.2 Å². The SMILES string of the molecule is FC(F)(F)c1cncc(C2=CCN=CC2)c1. The number of halogens is 3. The standard InChI is InChI=1S/C11H9F3N2/c12-11(13,14)10-5-9(6-16-7-10)8-1-3-15-4-2-8/h1,4-7H,2-3H2. The summed E-state index contributed by atoms with van der Waals surface area (Å²) in [6.45, 7) is 0.519. The number of aliphatic imine (C=N–C) groups is 1. The van der Waals surface area contributed by atoms with Crippen LogP contribution in [0.25, 0.3) is 5.57 Å². The molecule has 2 nitrogen and oxygen atoms in total. The molecule has 1 aliphatic heterocycles. The quantitative estimate of drug-likeness (QED) is 0.722. The number of dihydropyridines is 1. The van der Waals surface area contributed by atoms with Crippen molar-refractivity contribution in [2.75, 3.05) is 6.54 Å². The van der Waals surface area contributed by atoms with Crippen molar-refractivity contribution in [2.45, 2.75) is 12.6 Å². The van der Waals surface area contributed by atoms with E-state index in [2.05, 4.69) is 9.98 Å². The summed E-state index contributed by atoms with van der Waals surface area (Å²) in [4.78, 5) is 7.60. The summed E-state index contributed by atoms with van der Waals surface area (Å²) < 4.78 is 37.3. The molecular formula is C11H9F3N2. The third-order valence-electron chi connectivity index (χ3n) is 2.32. The monoisotopic (exact) mass is 226 g/mol. The van der Waals surface area contributed by atoms with Crippen LogP contribution in [-0.4, -0.2) is 17.7 Å². The van der Waals surface area contributed by atoms with Crippen molar-refractivity contribution in [3.8, 4) is 0 Å². The van der Waals surface area contributed by atoms with Gasteiger partial charge in [-0.3, -0.25) is 9.98 Å². The van der Waals surface area contributed by atoms with Gasteiger partial charge < -0.3 is 0 Å². The first-order valence-corrected chi connectivity index (χ1v) is 4.77. The van der Waals surface area contributed by atoms with Gasteiger partial charge in [-0.1, -0.05) is 6.08 Å². The van der Waals surface area contributed by atoms with E-state index in [1.54, 1.807) is 6.21 Å². The van der Waals surface area contributed by atoms with Gasteiger partial charge in [-0.05, 0) is 17.2 Å². The van der Waals surface area contributed by atoms with Crippen LogP contribution < -0.4 is 0 Å². The minimum absolute atomic E-state index is 0.515. The van der Waals surface area contributed by atoms with Crippen LogP contribution in [0.3, 0.4) is 0 Å². The molecule has 0 saturated carbocycles. The minimum atomic E-state index is -4.34.